The molecule has 2 atom stereocenters. The second kappa shape index (κ2) is 12.2. The maximum absolute atomic E-state index is 11.2. The molecule has 6 rings (SSSR count). The number of ether oxygens (including phenoxy) is 1. The molecule has 0 saturated carbocycles. The van der Waals surface area contributed by atoms with Crippen LogP contribution in [0.25, 0.3) is 11.1 Å². The number of nitrogens with zero attached hydrogens (tertiary/aromatic N) is 1. The van der Waals surface area contributed by atoms with Gasteiger partial charge in [0.2, 0.25) is 0 Å². The van der Waals surface area contributed by atoms with Gasteiger partial charge in [-0.3, -0.25) is 0 Å². The molecule has 1 aliphatic heterocycles. The molecular weight excluding hydrogens is 478 g/mol. The van der Waals surface area contributed by atoms with E-state index < -0.39 is 0 Å². The zero-order chi connectivity index (χ0) is 26.4. The van der Waals surface area contributed by atoms with Gasteiger partial charge < -0.3 is 14.7 Å². The van der Waals surface area contributed by atoms with Gasteiger partial charge in [0.05, 0.1) is 6.10 Å². The highest BCUT2D eigenvalue weighted by atomic mass is 16.5. The minimum Gasteiger partial charge on any atom is -0.489 e. The zero-order valence-electron chi connectivity index (χ0n) is 22.7. The number of hydrogen-bond donors (Lipinski definition) is 1. The molecule has 2 aliphatic rings. The van der Waals surface area contributed by atoms with Gasteiger partial charge in [-0.05, 0) is 109 Å². The van der Waals surface area contributed by atoms with Crippen LogP contribution in [0, 0.1) is 5.92 Å². The van der Waals surface area contributed by atoms with E-state index in [1.807, 2.05) is 12.1 Å². The third kappa shape index (κ3) is 6.11. The summed E-state index contributed by atoms with van der Waals surface area (Å²) < 4.78 is 6.26. The number of hydrogen-bond acceptors (Lipinski definition) is 3. The van der Waals surface area contributed by atoms with E-state index in [9.17, 15) is 5.11 Å². The summed E-state index contributed by atoms with van der Waals surface area (Å²) in [5.41, 5.74) is 7.40. The molecule has 39 heavy (non-hydrogen) atoms. The smallest absolute Gasteiger partial charge is 0.120 e. The third-order valence-corrected chi connectivity index (χ3v) is 8.84. The Morgan fingerprint density at radius 3 is 2.28 bits per heavy atom. The maximum Gasteiger partial charge on any atom is 0.120 e. The molecule has 4 aromatic rings. The van der Waals surface area contributed by atoms with Crippen LogP contribution in [0.1, 0.15) is 60.0 Å². The van der Waals surface area contributed by atoms with Gasteiger partial charge in [0.15, 0.2) is 0 Å². The second-order valence-corrected chi connectivity index (χ2v) is 11.2. The van der Waals surface area contributed by atoms with Crippen LogP contribution >= 0.6 is 0 Å². The van der Waals surface area contributed by atoms with Crippen molar-refractivity contribution in [3.05, 3.63) is 125 Å². The van der Waals surface area contributed by atoms with Crippen molar-refractivity contribution in [2.45, 2.75) is 50.7 Å². The zero-order valence-corrected chi connectivity index (χ0v) is 22.7. The Hall–Kier alpha value is -3.40. The number of piperidine rings is 1. The van der Waals surface area contributed by atoms with Crippen LogP contribution in [0.4, 0.5) is 0 Å². The lowest BCUT2D eigenvalue weighted by Crippen LogP contribution is -2.35. The monoisotopic (exact) mass is 517 g/mol. The van der Waals surface area contributed by atoms with E-state index >= 15 is 0 Å². The van der Waals surface area contributed by atoms with Crippen LogP contribution in [0.3, 0.4) is 0 Å². The van der Waals surface area contributed by atoms with Crippen LogP contribution in [0.2, 0.25) is 0 Å². The van der Waals surface area contributed by atoms with Gasteiger partial charge in [-0.1, -0.05) is 91.0 Å². The quantitative estimate of drug-likeness (QED) is 0.259. The third-order valence-electron chi connectivity index (χ3n) is 8.84. The van der Waals surface area contributed by atoms with Crippen molar-refractivity contribution in [2.75, 3.05) is 19.6 Å². The first-order valence-electron chi connectivity index (χ1n) is 14.6. The summed E-state index contributed by atoms with van der Waals surface area (Å²) in [7, 11) is 0. The van der Waals surface area contributed by atoms with E-state index in [1.54, 1.807) is 0 Å². The van der Waals surface area contributed by atoms with Crippen molar-refractivity contribution in [3.8, 4) is 16.9 Å². The summed E-state index contributed by atoms with van der Waals surface area (Å²) in [6, 6.07) is 36.2. The fraction of sp³-hybridized carbons (Fsp3) is 0.333. The minimum absolute atomic E-state index is 0.328. The molecule has 1 aliphatic carbocycles. The molecule has 1 fully saturated rings. The Morgan fingerprint density at radius 1 is 0.769 bits per heavy atom. The molecule has 200 valence electrons. The molecular formula is C36H39NO2. The van der Waals surface area contributed by atoms with E-state index in [4.69, 9.17) is 4.74 Å². The van der Waals surface area contributed by atoms with Crippen molar-refractivity contribution in [2.24, 2.45) is 5.92 Å². The molecule has 4 aromatic carbocycles. The molecule has 0 amide bonds. The molecule has 1 heterocycles. The van der Waals surface area contributed by atoms with Crippen LogP contribution in [0.5, 0.6) is 5.75 Å². The summed E-state index contributed by atoms with van der Waals surface area (Å²) in [6.07, 6.45) is 5.19. The minimum atomic E-state index is -0.386. The van der Waals surface area contributed by atoms with Gasteiger partial charge in [-0.25, -0.2) is 0 Å². The first kappa shape index (κ1) is 25.9. The van der Waals surface area contributed by atoms with Crippen molar-refractivity contribution in [3.63, 3.8) is 0 Å². The normalized spacial score (nSPS) is 19.9. The Morgan fingerprint density at radius 2 is 1.49 bits per heavy atom. The van der Waals surface area contributed by atoms with Gasteiger partial charge in [0, 0.05) is 0 Å². The van der Waals surface area contributed by atoms with Crippen molar-refractivity contribution in [1.29, 1.82) is 0 Å². The summed E-state index contributed by atoms with van der Waals surface area (Å²) in [5, 5.41) is 11.2. The first-order valence-corrected chi connectivity index (χ1v) is 14.6. The topological polar surface area (TPSA) is 32.7 Å². The van der Waals surface area contributed by atoms with E-state index in [0.717, 1.165) is 50.2 Å². The van der Waals surface area contributed by atoms with E-state index in [0.29, 0.717) is 18.4 Å². The van der Waals surface area contributed by atoms with E-state index in [1.165, 1.54) is 40.7 Å². The molecule has 0 spiro atoms. The largest absolute Gasteiger partial charge is 0.489 e. The van der Waals surface area contributed by atoms with Crippen molar-refractivity contribution >= 4 is 0 Å². The highest BCUT2D eigenvalue weighted by Gasteiger charge is 2.29. The SMILES string of the molecule is O[C@@H]1c2ccc(OCc3ccccc3-c3ccccc3)cc2CC[C@@H]1CCN1CCC(c2ccccc2)CC1. The van der Waals surface area contributed by atoms with Gasteiger partial charge in [-0.15, -0.1) is 0 Å². The standard InChI is InChI=1S/C36H39NO2/c38-36-30(21-24-37-22-19-28(20-23-37)27-9-3-1-4-10-27)15-16-31-25-33(17-18-35(31)36)39-26-32-13-7-8-14-34(32)29-11-5-2-6-12-29/h1-14,17-18,25,28,30,36,38H,15-16,19-24,26H2/t30-,36+/m1/s1. The van der Waals surface area contributed by atoms with Crippen molar-refractivity contribution in [1.82, 2.24) is 4.90 Å². The fourth-order valence-corrected chi connectivity index (χ4v) is 6.50. The van der Waals surface area contributed by atoms with Crippen LogP contribution in [-0.4, -0.2) is 29.6 Å². The lowest BCUT2D eigenvalue weighted by Gasteiger charge is -2.35. The van der Waals surface area contributed by atoms with Gasteiger partial charge in [0.1, 0.15) is 12.4 Å². The van der Waals surface area contributed by atoms with Gasteiger partial charge in [0.25, 0.3) is 0 Å². The second-order valence-electron chi connectivity index (χ2n) is 11.2. The van der Waals surface area contributed by atoms with Crippen molar-refractivity contribution < 1.29 is 9.84 Å². The van der Waals surface area contributed by atoms with Gasteiger partial charge in [-0.2, -0.15) is 0 Å². The molecule has 0 radical (unpaired) electrons. The summed E-state index contributed by atoms with van der Waals surface area (Å²) in [4.78, 5) is 2.60. The Labute approximate surface area is 233 Å². The van der Waals surface area contributed by atoms with E-state index in [-0.39, 0.29) is 6.10 Å². The molecule has 1 saturated heterocycles. The number of aliphatic hydroxyl groups is 1. The predicted octanol–water partition coefficient (Wildman–Crippen LogP) is 7.80. The summed E-state index contributed by atoms with van der Waals surface area (Å²) >= 11 is 0. The van der Waals surface area contributed by atoms with E-state index in [2.05, 4.69) is 95.9 Å². The number of aliphatic hydroxyl groups excluding tert-OH is 1. The number of likely N-dealkylation sites (tertiary alicyclic amines) is 1. The average Bonchev–Trinajstić information content (AvgIpc) is 3.01. The lowest BCUT2D eigenvalue weighted by atomic mass is 9.79. The molecule has 3 nitrogen and oxygen atoms in total. The summed E-state index contributed by atoms with van der Waals surface area (Å²) in [6.45, 7) is 3.93. The lowest BCUT2D eigenvalue weighted by molar-refractivity contribution is 0.0771. The number of aryl methyl sites for hydroxylation is 1. The average molecular weight is 518 g/mol. The number of benzene rings is 4. The predicted molar refractivity (Wildman–Crippen MR) is 159 cm³/mol. The molecule has 3 heteroatoms. The Balaban J connectivity index is 1.03. The first-order chi connectivity index (χ1) is 19.2. The highest BCUT2D eigenvalue weighted by Crippen LogP contribution is 2.38. The number of rotatable bonds is 8. The maximum atomic E-state index is 11.2. The van der Waals surface area contributed by atoms with Crippen LogP contribution in [-0.2, 0) is 13.0 Å². The van der Waals surface area contributed by atoms with Crippen LogP contribution in [0.15, 0.2) is 103 Å². The Bertz CT molecular complexity index is 1350. The molecule has 0 bridgehead atoms. The summed E-state index contributed by atoms with van der Waals surface area (Å²) in [5.74, 6) is 1.90. The molecule has 0 unspecified atom stereocenters. The molecule has 1 N–H and O–H groups in total. The molecule has 0 aromatic heterocycles. The highest BCUT2D eigenvalue weighted by molar-refractivity contribution is 5.67. The fourth-order valence-electron chi connectivity index (χ4n) is 6.50. The van der Waals surface area contributed by atoms with Crippen LogP contribution < -0.4 is 4.74 Å². The Kier molecular flexibility index (Phi) is 8.08. The van der Waals surface area contributed by atoms with Gasteiger partial charge >= 0.3 is 0 Å². The number of fused-ring (bicyclic) bond motifs is 1.